The first-order valence-electron chi connectivity index (χ1n) is 8.80. The molecule has 0 atom stereocenters. The van der Waals surface area contributed by atoms with Gasteiger partial charge in [-0.3, -0.25) is 4.90 Å². The van der Waals surface area contributed by atoms with E-state index >= 15 is 0 Å². The van der Waals surface area contributed by atoms with E-state index in [9.17, 15) is 0 Å². The molecule has 0 radical (unpaired) electrons. The second-order valence-electron chi connectivity index (χ2n) is 6.56. The molecule has 6 heteroatoms. The Morgan fingerprint density at radius 1 is 0.962 bits per heavy atom. The number of rotatable bonds is 4. The van der Waals surface area contributed by atoms with Gasteiger partial charge in [0.25, 0.3) is 0 Å². The van der Waals surface area contributed by atoms with Crippen LogP contribution in [-0.4, -0.2) is 41.3 Å². The van der Waals surface area contributed by atoms with Crippen LogP contribution in [0.1, 0.15) is 11.5 Å². The Balaban J connectivity index is 1.36. The van der Waals surface area contributed by atoms with Gasteiger partial charge in [-0.2, -0.15) is 0 Å². The summed E-state index contributed by atoms with van der Waals surface area (Å²) in [7, 11) is 0. The zero-order chi connectivity index (χ0) is 17.9. The maximum absolute atomic E-state index is 5.92. The molecule has 0 bridgehead atoms. The number of aryl methyl sites for hydroxylation is 1. The van der Waals surface area contributed by atoms with Crippen LogP contribution in [0.5, 0.6) is 0 Å². The van der Waals surface area contributed by atoms with Gasteiger partial charge in [-0.05, 0) is 42.8 Å². The lowest BCUT2D eigenvalue weighted by molar-refractivity contribution is 0.227. The number of hydrogen-bond acceptors (Lipinski definition) is 5. The summed E-state index contributed by atoms with van der Waals surface area (Å²) < 4.78 is 5.82. The molecule has 0 aliphatic carbocycles. The first-order chi connectivity index (χ1) is 12.7. The molecule has 134 valence electrons. The normalized spacial score (nSPS) is 15.4. The Hall–Kier alpha value is -2.37. The molecule has 0 spiro atoms. The minimum atomic E-state index is 0.537. The Morgan fingerprint density at radius 2 is 1.69 bits per heavy atom. The monoisotopic (exact) mass is 368 g/mol. The van der Waals surface area contributed by atoms with Gasteiger partial charge in [0.1, 0.15) is 0 Å². The minimum absolute atomic E-state index is 0.537. The van der Waals surface area contributed by atoms with Crippen LogP contribution in [0.25, 0.3) is 11.5 Å². The SMILES string of the molecule is Cc1ccccc1N1CCN(Cc2nnc(-c3ccc(Cl)cc3)o2)CC1. The molecule has 2 heterocycles. The average Bonchev–Trinajstić information content (AvgIpc) is 3.12. The van der Waals surface area contributed by atoms with Crippen molar-refractivity contribution in [3.63, 3.8) is 0 Å². The number of halogens is 1. The van der Waals surface area contributed by atoms with Crippen LogP contribution in [0, 0.1) is 6.92 Å². The van der Waals surface area contributed by atoms with Crippen molar-refractivity contribution in [2.24, 2.45) is 0 Å². The predicted octanol–water partition coefficient (Wildman–Crippen LogP) is 4.02. The summed E-state index contributed by atoms with van der Waals surface area (Å²) >= 11 is 5.92. The van der Waals surface area contributed by atoms with Crippen LogP contribution in [0.4, 0.5) is 5.69 Å². The molecular formula is C20H21ClN4O. The minimum Gasteiger partial charge on any atom is -0.419 e. The molecule has 5 nitrogen and oxygen atoms in total. The Morgan fingerprint density at radius 3 is 2.42 bits per heavy atom. The van der Waals surface area contributed by atoms with Gasteiger partial charge in [-0.15, -0.1) is 10.2 Å². The summed E-state index contributed by atoms with van der Waals surface area (Å²) in [5, 5.41) is 9.05. The molecule has 0 saturated carbocycles. The van der Waals surface area contributed by atoms with E-state index in [1.807, 2.05) is 24.3 Å². The summed E-state index contributed by atoms with van der Waals surface area (Å²) in [4.78, 5) is 4.80. The summed E-state index contributed by atoms with van der Waals surface area (Å²) in [6, 6.07) is 16.0. The molecule has 1 aromatic heterocycles. The number of piperazine rings is 1. The molecule has 1 aliphatic rings. The van der Waals surface area contributed by atoms with E-state index in [0.29, 0.717) is 23.3 Å². The van der Waals surface area contributed by atoms with Gasteiger partial charge in [0.2, 0.25) is 11.8 Å². The van der Waals surface area contributed by atoms with E-state index < -0.39 is 0 Å². The lowest BCUT2D eigenvalue weighted by atomic mass is 10.1. The number of nitrogens with zero attached hydrogens (tertiary/aromatic N) is 4. The molecule has 0 N–H and O–H groups in total. The Bertz CT molecular complexity index is 870. The van der Waals surface area contributed by atoms with Crippen molar-refractivity contribution in [2.75, 3.05) is 31.1 Å². The number of hydrogen-bond donors (Lipinski definition) is 0. The van der Waals surface area contributed by atoms with E-state index in [1.165, 1.54) is 11.3 Å². The first-order valence-corrected chi connectivity index (χ1v) is 9.18. The highest BCUT2D eigenvalue weighted by atomic mass is 35.5. The maximum atomic E-state index is 5.92. The van der Waals surface area contributed by atoms with Crippen molar-refractivity contribution >= 4 is 17.3 Å². The Labute approximate surface area is 158 Å². The number of benzene rings is 2. The number of aromatic nitrogens is 2. The smallest absolute Gasteiger partial charge is 0.247 e. The molecule has 1 fully saturated rings. The van der Waals surface area contributed by atoms with Crippen LogP contribution in [0.2, 0.25) is 5.02 Å². The zero-order valence-corrected chi connectivity index (χ0v) is 15.5. The lowest BCUT2D eigenvalue weighted by Gasteiger charge is -2.36. The van der Waals surface area contributed by atoms with E-state index in [2.05, 4.69) is 51.2 Å². The van der Waals surface area contributed by atoms with Gasteiger partial charge in [0.15, 0.2) is 0 Å². The molecule has 0 amide bonds. The van der Waals surface area contributed by atoms with E-state index in [0.717, 1.165) is 31.7 Å². The van der Waals surface area contributed by atoms with Gasteiger partial charge < -0.3 is 9.32 Å². The zero-order valence-electron chi connectivity index (χ0n) is 14.7. The van der Waals surface area contributed by atoms with Gasteiger partial charge in [0.05, 0.1) is 6.54 Å². The van der Waals surface area contributed by atoms with Crippen LogP contribution in [0.15, 0.2) is 52.9 Å². The lowest BCUT2D eigenvalue weighted by Crippen LogP contribution is -2.46. The highest BCUT2D eigenvalue weighted by Crippen LogP contribution is 2.23. The summed E-state index contributed by atoms with van der Waals surface area (Å²) in [5.41, 5.74) is 3.54. The third-order valence-electron chi connectivity index (χ3n) is 4.75. The number of anilines is 1. The van der Waals surface area contributed by atoms with E-state index in [-0.39, 0.29) is 0 Å². The summed E-state index contributed by atoms with van der Waals surface area (Å²) in [5.74, 6) is 1.19. The van der Waals surface area contributed by atoms with Gasteiger partial charge >= 0.3 is 0 Å². The highest BCUT2D eigenvalue weighted by Gasteiger charge is 2.20. The van der Waals surface area contributed by atoms with Crippen LogP contribution < -0.4 is 4.90 Å². The molecule has 4 rings (SSSR count). The fraction of sp³-hybridized carbons (Fsp3) is 0.300. The second-order valence-corrected chi connectivity index (χ2v) is 6.99. The van der Waals surface area contributed by atoms with Crippen LogP contribution >= 0.6 is 11.6 Å². The standard InChI is InChI=1S/C20H21ClN4O/c1-15-4-2-3-5-18(15)25-12-10-24(11-13-25)14-19-22-23-20(26-19)16-6-8-17(21)9-7-16/h2-9H,10-14H2,1H3. The first kappa shape index (κ1) is 17.1. The third kappa shape index (κ3) is 3.74. The third-order valence-corrected chi connectivity index (χ3v) is 5.00. The molecule has 26 heavy (non-hydrogen) atoms. The Kier molecular flexibility index (Phi) is 4.91. The quantitative estimate of drug-likeness (QED) is 0.696. The maximum Gasteiger partial charge on any atom is 0.247 e. The molecule has 1 saturated heterocycles. The van der Waals surface area contributed by atoms with Crippen molar-refractivity contribution in [1.29, 1.82) is 0 Å². The summed E-state index contributed by atoms with van der Waals surface area (Å²) in [6.45, 7) is 6.81. The summed E-state index contributed by atoms with van der Waals surface area (Å²) in [6.07, 6.45) is 0. The van der Waals surface area contributed by atoms with Gasteiger partial charge in [-0.25, -0.2) is 0 Å². The van der Waals surface area contributed by atoms with Crippen molar-refractivity contribution in [1.82, 2.24) is 15.1 Å². The molecule has 0 unspecified atom stereocenters. The van der Waals surface area contributed by atoms with Crippen LogP contribution in [-0.2, 0) is 6.54 Å². The van der Waals surface area contributed by atoms with Gasteiger partial charge in [-0.1, -0.05) is 29.8 Å². The van der Waals surface area contributed by atoms with Gasteiger partial charge in [0, 0.05) is 42.5 Å². The molecule has 1 aliphatic heterocycles. The van der Waals surface area contributed by atoms with Crippen LogP contribution in [0.3, 0.4) is 0 Å². The molecular weight excluding hydrogens is 348 g/mol. The highest BCUT2D eigenvalue weighted by molar-refractivity contribution is 6.30. The predicted molar refractivity (Wildman–Crippen MR) is 103 cm³/mol. The fourth-order valence-corrected chi connectivity index (χ4v) is 3.41. The van der Waals surface area contributed by atoms with Crippen molar-refractivity contribution in [3.8, 4) is 11.5 Å². The van der Waals surface area contributed by atoms with E-state index in [1.54, 1.807) is 0 Å². The largest absolute Gasteiger partial charge is 0.419 e. The second kappa shape index (κ2) is 7.48. The molecule has 3 aromatic rings. The van der Waals surface area contributed by atoms with Crippen molar-refractivity contribution < 1.29 is 4.42 Å². The van der Waals surface area contributed by atoms with Crippen molar-refractivity contribution in [3.05, 3.63) is 65.0 Å². The topological polar surface area (TPSA) is 45.4 Å². The fourth-order valence-electron chi connectivity index (χ4n) is 3.28. The van der Waals surface area contributed by atoms with Crippen molar-refractivity contribution in [2.45, 2.75) is 13.5 Å². The average molecular weight is 369 g/mol. The molecule has 2 aromatic carbocycles. The van der Waals surface area contributed by atoms with E-state index in [4.69, 9.17) is 16.0 Å². The number of para-hydroxylation sites is 1.